The molecule has 55 heavy (non-hydrogen) atoms. The van der Waals surface area contributed by atoms with Crippen LogP contribution in [0.3, 0.4) is 0 Å². The summed E-state index contributed by atoms with van der Waals surface area (Å²) in [6.07, 6.45) is 20.5. The van der Waals surface area contributed by atoms with Crippen LogP contribution in [0.4, 0.5) is 0 Å². The van der Waals surface area contributed by atoms with E-state index in [9.17, 15) is 0 Å². The van der Waals surface area contributed by atoms with Crippen molar-refractivity contribution in [2.45, 2.75) is 251 Å². The maximum Gasteiger partial charge on any atom is 0.193 e. The first-order valence-corrected chi connectivity index (χ1v) is 42.0. The predicted molar refractivity (Wildman–Crippen MR) is 267 cm³/mol. The van der Waals surface area contributed by atoms with E-state index in [-0.39, 0.29) is 0 Å². The van der Waals surface area contributed by atoms with Gasteiger partial charge in [0.1, 0.15) is 0 Å². The van der Waals surface area contributed by atoms with Gasteiger partial charge in [0, 0.05) is 41.1 Å². The van der Waals surface area contributed by atoms with Gasteiger partial charge in [-0.15, -0.1) is 6.58 Å². The van der Waals surface area contributed by atoms with Crippen LogP contribution in [0.15, 0.2) is 12.7 Å². The zero-order valence-corrected chi connectivity index (χ0v) is 47.5. The van der Waals surface area contributed by atoms with Crippen molar-refractivity contribution in [1.29, 1.82) is 0 Å². The van der Waals surface area contributed by atoms with Gasteiger partial charge in [0.2, 0.25) is 0 Å². The van der Waals surface area contributed by atoms with Crippen molar-refractivity contribution in [3.05, 3.63) is 12.7 Å². The van der Waals surface area contributed by atoms with E-state index in [1.807, 2.05) is 14.2 Å². The Balaban J connectivity index is -0.000000744. The van der Waals surface area contributed by atoms with Gasteiger partial charge in [-0.25, -0.2) is 0 Å². The van der Waals surface area contributed by atoms with E-state index in [2.05, 4.69) is 132 Å². The zero-order valence-electron chi connectivity index (χ0n) is 41.5. The fourth-order valence-electron chi connectivity index (χ4n) is 7.11. The number of rotatable bonds is 31. The Morgan fingerprint density at radius 2 is 0.764 bits per heavy atom. The Morgan fingerprint density at radius 3 is 1.04 bits per heavy atom. The molecule has 0 aromatic rings. The van der Waals surface area contributed by atoms with Gasteiger partial charge in [-0.05, 0) is 136 Å². The minimum atomic E-state index is -1.54. The lowest BCUT2D eigenvalue weighted by atomic mass is 10.2. The predicted octanol–water partition coefficient (Wildman–Crippen LogP) is 16.1. The first-order chi connectivity index (χ1) is 25.1. The number of hydrogen-bond donors (Lipinski definition) is 0. The van der Waals surface area contributed by atoms with Crippen LogP contribution in [0.5, 0.6) is 0 Å². The summed E-state index contributed by atoms with van der Waals surface area (Å²) < 4.78 is 29.2. The van der Waals surface area contributed by atoms with E-state index >= 15 is 0 Å². The summed E-state index contributed by atoms with van der Waals surface area (Å²) >= 11 is 0. The van der Waals surface area contributed by atoms with E-state index in [1.54, 1.807) is 0 Å². The van der Waals surface area contributed by atoms with E-state index in [0.717, 1.165) is 6.61 Å². The minimum absolute atomic E-state index is 0.389. The van der Waals surface area contributed by atoms with Crippen LogP contribution in [-0.4, -0.2) is 82.7 Å². The molecule has 0 aromatic heterocycles. The minimum Gasteiger partial charge on any atom is -0.420 e. The third-order valence-electron chi connectivity index (χ3n) is 10.7. The molecule has 0 fully saturated rings. The Kier molecular flexibility index (Phi) is 34.6. The summed E-state index contributed by atoms with van der Waals surface area (Å²) in [7, 11) is -4.03. The summed E-state index contributed by atoms with van der Waals surface area (Å²) in [6, 6.07) is 6.68. The Morgan fingerprint density at radius 1 is 0.455 bits per heavy atom. The topological polar surface area (TPSA) is 46.2 Å². The maximum atomic E-state index is 6.07. The van der Waals surface area contributed by atoms with Crippen LogP contribution in [-0.2, 0) is 22.1 Å². The van der Waals surface area contributed by atoms with Gasteiger partial charge in [-0.1, -0.05) is 109 Å². The Hall–Kier alpha value is 0.841. The van der Waals surface area contributed by atoms with Crippen molar-refractivity contribution in [1.82, 2.24) is 0 Å². The highest BCUT2D eigenvalue weighted by Crippen LogP contribution is 2.30. The molecular formula is C44H104O5Si6. The summed E-state index contributed by atoms with van der Waals surface area (Å²) in [5, 5.41) is 0. The zero-order chi connectivity index (χ0) is 43.4. The highest BCUT2D eigenvalue weighted by molar-refractivity contribution is 6.76. The molecule has 1 unspecified atom stereocenters. The molecule has 0 saturated heterocycles. The van der Waals surface area contributed by atoms with Crippen LogP contribution in [0.25, 0.3) is 0 Å². The molecule has 0 rings (SSSR count). The fraction of sp³-hybridized carbons (Fsp3) is 0.955. The van der Waals surface area contributed by atoms with E-state index in [0.29, 0.717) is 17.7 Å². The highest BCUT2D eigenvalue weighted by atomic mass is 28.4. The molecule has 0 aliphatic carbocycles. The second kappa shape index (κ2) is 31.7. The van der Waals surface area contributed by atoms with Gasteiger partial charge in [0.15, 0.2) is 41.6 Å². The van der Waals surface area contributed by atoms with Crippen molar-refractivity contribution in [3.63, 3.8) is 0 Å². The number of hydrogen-bond acceptors (Lipinski definition) is 5. The maximum absolute atomic E-state index is 6.07. The lowest BCUT2D eigenvalue weighted by Gasteiger charge is -2.30. The van der Waals surface area contributed by atoms with Crippen LogP contribution in [0.1, 0.15) is 118 Å². The standard InChI is InChI=1S/C17H40O2Si2.C14H32OSi2.C13H32O2Si2/c1-16(2)18-20(5,6)14-12-10-9-11-13-15-21(7,8)19-17(3)4;1-8-14(17(6,7)15-9-2)12-10-11-13-16(3,4)5;1-14-16(3,4)12-10-8-7-9-11-13-17(5,6)15-2/h16-17H,9-15H2,1-8H3;8,14H,1,9-13H2,2-7H3;7-13H2,1-6H3. The largest absolute Gasteiger partial charge is 0.420 e. The monoisotopic (exact) mass is 881 g/mol. The van der Waals surface area contributed by atoms with Crippen molar-refractivity contribution in [3.8, 4) is 0 Å². The van der Waals surface area contributed by atoms with Crippen molar-refractivity contribution in [2.24, 2.45) is 0 Å². The van der Waals surface area contributed by atoms with Crippen molar-refractivity contribution < 1.29 is 22.1 Å². The van der Waals surface area contributed by atoms with Crippen LogP contribution >= 0.6 is 0 Å². The number of unbranched alkanes of at least 4 members (excludes halogenated alkanes) is 9. The molecule has 0 aliphatic heterocycles. The Bertz CT molecular complexity index is 858. The summed E-state index contributed by atoms with van der Waals surface area (Å²) in [5.74, 6) is 0. The smallest absolute Gasteiger partial charge is 0.193 e. The molecule has 0 spiro atoms. The highest BCUT2D eigenvalue weighted by Gasteiger charge is 2.31. The molecule has 0 saturated carbocycles. The van der Waals surface area contributed by atoms with Gasteiger partial charge in [-0.3, -0.25) is 0 Å². The molecule has 0 N–H and O–H groups in total. The van der Waals surface area contributed by atoms with Gasteiger partial charge in [0.25, 0.3) is 0 Å². The molecular weight excluding hydrogens is 777 g/mol. The van der Waals surface area contributed by atoms with Gasteiger partial charge < -0.3 is 22.1 Å². The lowest BCUT2D eigenvalue weighted by molar-refractivity contribution is 0.230. The molecule has 0 aliphatic rings. The summed E-state index contributed by atoms with van der Waals surface area (Å²) in [5.41, 5.74) is 0.615. The normalized spacial score (nSPS) is 13.7. The fourth-order valence-corrected chi connectivity index (χ4v) is 18.4. The van der Waals surface area contributed by atoms with Gasteiger partial charge in [0.05, 0.1) is 0 Å². The van der Waals surface area contributed by atoms with E-state index in [1.165, 1.54) is 114 Å². The first kappa shape index (κ1) is 60.1. The van der Waals surface area contributed by atoms with Crippen LogP contribution in [0.2, 0.25) is 121 Å². The second-order valence-corrected chi connectivity index (χ2v) is 48.2. The first-order valence-electron chi connectivity index (χ1n) is 22.8. The molecule has 1 atom stereocenters. The summed E-state index contributed by atoms with van der Waals surface area (Å²) in [4.78, 5) is 0. The third kappa shape index (κ3) is 41.4. The Labute approximate surface area is 354 Å². The molecule has 0 heterocycles. The third-order valence-corrected chi connectivity index (χ3v) is 26.6. The average Bonchev–Trinajstić information content (AvgIpc) is 3.02. The van der Waals surface area contributed by atoms with Crippen LogP contribution < -0.4 is 0 Å². The molecule has 0 radical (unpaired) electrons. The van der Waals surface area contributed by atoms with Crippen LogP contribution in [0, 0.1) is 0 Å². The average molecular weight is 882 g/mol. The quantitative estimate of drug-likeness (QED) is 0.0394. The number of allylic oxidation sites excluding steroid dienone is 1. The SMILES string of the molecule is C=CC(CCCC[Si](C)(C)C)[Si](C)(C)OCC.CC(C)O[Si](C)(C)CCCCCCC[Si](C)(C)OC(C)C.CO[Si](C)(C)CCCCCCC[Si](C)(C)OC. The van der Waals surface area contributed by atoms with Gasteiger partial charge >= 0.3 is 0 Å². The molecule has 0 bridgehead atoms. The molecule has 5 nitrogen and oxygen atoms in total. The summed E-state index contributed by atoms with van der Waals surface area (Å²) in [6.45, 7) is 46.2. The van der Waals surface area contributed by atoms with Crippen molar-refractivity contribution >= 4 is 49.7 Å². The van der Waals surface area contributed by atoms with E-state index < -0.39 is 49.7 Å². The van der Waals surface area contributed by atoms with Crippen molar-refractivity contribution in [2.75, 3.05) is 20.8 Å². The van der Waals surface area contributed by atoms with Gasteiger partial charge in [-0.2, -0.15) is 0 Å². The second-order valence-electron chi connectivity index (χ2n) is 21.0. The van der Waals surface area contributed by atoms with E-state index in [4.69, 9.17) is 22.1 Å². The molecule has 11 heteroatoms. The molecule has 0 aromatic carbocycles. The molecule has 334 valence electrons. The lowest BCUT2D eigenvalue weighted by Crippen LogP contribution is -2.35. The molecule has 0 amide bonds.